The van der Waals surface area contributed by atoms with E-state index in [-0.39, 0.29) is 24.0 Å². The van der Waals surface area contributed by atoms with Crippen molar-refractivity contribution in [1.29, 1.82) is 0 Å². The smallest absolute Gasteiger partial charge is 0.319 e. The Bertz CT molecular complexity index is 837. The monoisotopic (exact) mass is 431 g/mol. The number of hydrogen-bond donors (Lipinski definition) is 3. The highest BCUT2D eigenvalue weighted by atomic mass is 79.9. The second-order valence-corrected chi connectivity index (χ2v) is 7.59. The molecule has 2 aromatic rings. The molecule has 1 heterocycles. The second kappa shape index (κ2) is 8.43. The number of carbonyl (C=O) groups excluding carboxylic acids is 2. The van der Waals surface area contributed by atoms with Gasteiger partial charge in [-0.1, -0.05) is 15.9 Å². The van der Waals surface area contributed by atoms with Crippen LogP contribution in [0.15, 0.2) is 46.9 Å². The molecule has 1 aliphatic rings. The van der Waals surface area contributed by atoms with Crippen molar-refractivity contribution >= 4 is 33.6 Å². The van der Waals surface area contributed by atoms with Gasteiger partial charge < -0.3 is 20.7 Å². The van der Waals surface area contributed by atoms with Crippen LogP contribution in [0.4, 0.5) is 10.5 Å². The van der Waals surface area contributed by atoms with Crippen molar-refractivity contribution in [2.75, 3.05) is 11.9 Å². The summed E-state index contributed by atoms with van der Waals surface area (Å²) in [6.45, 7) is 4.34. The van der Waals surface area contributed by atoms with Gasteiger partial charge in [0.2, 0.25) is 0 Å². The molecule has 0 fully saturated rings. The molecular weight excluding hydrogens is 410 g/mol. The maximum atomic E-state index is 12.6. The topological polar surface area (TPSA) is 79.5 Å². The number of hydrogen-bond acceptors (Lipinski definition) is 3. The van der Waals surface area contributed by atoms with E-state index in [0.717, 1.165) is 15.8 Å². The maximum absolute atomic E-state index is 12.6. The first-order valence-electron chi connectivity index (χ1n) is 8.83. The number of fused-ring (bicyclic) bond motifs is 1. The van der Waals surface area contributed by atoms with E-state index in [1.54, 1.807) is 24.3 Å². The predicted molar refractivity (Wildman–Crippen MR) is 108 cm³/mol. The fourth-order valence-corrected chi connectivity index (χ4v) is 3.27. The van der Waals surface area contributed by atoms with Crippen LogP contribution in [0.25, 0.3) is 0 Å². The lowest BCUT2D eigenvalue weighted by molar-refractivity contribution is 0.0925. The molecule has 3 N–H and O–H groups in total. The van der Waals surface area contributed by atoms with Crippen LogP contribution in [0.2, 0.25) is 0 Å². The molecule has 0 aromatic heterocycles. The molecule has 0 aliphatic carbocycles. The summed E-state index contributed by atoms with van der Waals surface area (Å²) in [7, 11) is 0. The van der Waals surface area contributed by atoms with E-state index < -0.39 is 0 Å². The Morgan fingerprint density at radius 2 is 1.89 bits per heavy atom. The van der Waals surface area contributed by atoms with Crippen LogP contribution in [-0.4, -0.2) is 24.6 Å². The molecule has 7 heteroatoms. The fraction of sp³-hybridized carbons (Fsp3) is 0.300. The summed E-state index contributed by atoms with van der Waals surface area (Å²) < 4.78 is 6.60. The van der Waals surface area contributed by atoms with Gasteiger partial charge in [0, 0.05) is 33.7 Å². The van der Waals surface area contributed by atoms with E-state index in [9.17, 15) is 9.59 Å². The molecule has 2 aromatic carbocycles. The molecule has 142 valence electrons. The van der Waals surface area contributed by atoms with Gasteiger partial charge in [-0.15, -0.1) is 0 Å². The zero-order valence-corrected chi connectivity index (χ0v) is 16.8. The van der Waals surface area contributed by atoms with Crippen LogP contribution in [0.1, 0.15) is 42.2 Å². The number of anilines is 1. The average Bonchev–Trinajstić information content (AvgIpc) is 2.62. The van der Waals surface area contributed by atoms with E-state index >= 15 is 0 Å². The summed E-state index contributed by atoms with van der Waals surface area (Å²) in [4.78, 5) is 24.4. The minimum atomic E-state index is -0.272. The van der Waals surface area contributed by atoms with Crippen molar-refractivity contribution in [2.45, 2.75) is 32.4 Å². The number of rotatable bonds is 4. The quantitative estimate of drug-likeness (QED) is 0.677. The molecule has 0 radical (unpaired) electrons. The number of urea groups is 1. The van der Waals surface area contributed by atoms with E-state index in [2.05, 4.69) is 31.9 Å². The van der Waals surface area contributed by atoms with Crippen LogP contribution in [0.3, 0.4) is 0 Å². The number of benzene rings is 2. The molecule has 1 atom stereocenters. The molecule has 3 amide bonds. The second-order valence-electron chi connectivity index (χ2n) is 6.68. The average molecular weight is 432 g/mol. The zero-order valence-electron chi connectivity index (χ0n) is 15.2. The Balaban J connectivity index is 1.65. The van der Waals surface area contributed by atoms with Crippen molar-refractivity contribution in [2.24, 2.45) is 0 Å². The molecule has 3 rings (SSSR count). The van der Waals surface area contributed by atoms with Gasteiger partial charge in [0.25, 0.3) is 5.91 Å². The number of amides is 3. The summed E-state index contributed by atoms with van der Waals surface area (Å²) >= 11 is 3.46. The van der Waals surface area contributed by atoms with Gasteiger partial charge in [-0.2, -0.15) is 0 Å². The molecular formula is C20H22BrN3O3. The SMILES string of the molecule is CC(C)NC(=O)Nc1ccc(C(=O)NC2CCOc3ccc(Br)cc32)cc1. The summed E-state index contributed by atoms with van der Waals surface area (Å²) in [6, 6.07) is 12.3. The highest BCUT2D eigenvalue weighted by molar-refractivity contribution is 9.10. The first-order valence-corrected chi connectivity index (χ1v) is 9.62. The lowest BCUT2D eigenvalue weighted by atomic mass is 10.00. The molecule has 27 heavy (non-hydrogen) atoms. The fourth-order valence-electron chi connectivity index (χ4n) is 2.89. The van der Waals surface area contributed by atoms with Crippen LogP contribution < -0.4 is 20.7 Å². The number of ether oxygens (including phenoxy) is 1. The van der Waals surface area contributed by atoms with Gasteiger partial charge in [-0.3, -0.25) is 4.79 Å². The van der Waals surface area contributed by atoms with E-state index in [0.29, 0.717) is 24.3 Å². The lowest BCUT2D eigenvalue weighted by Gasteiger charge is -2.27. The summed E-state index contributed by atoms with van der Waals surface area (Å²) in [5.41, 5.74) is 2.13. The molecule has 1 unspecified atom stereocenters. The van der Waals surface area contributed by atoms with Crippen LogP contribution in [0.5, 0.6) is 5.75 Å². The standard InChI is InChI=1S/C20H22BrN3O3/c1-12(2)22-20(26)23-15-6-3-13(4-7-15)19(25)24-17-9-10-27-18-8-5-14(21)11-16(17)18/h3-8,11-12,17H,9-10H2,1-2H3,(H,24,25)(H2,22,23,26). The Morgan fingerprint density at radius 3 is 2.59 bits per heavy atom. The molecule has 1 aliphatic heterocycles. The molecule has 0 saturated carbocycles. The maximum Gasteiger partial charge on any atom is 0.319 e. The lowest BCUT2D eigenvalue weighted by Crippen LogP contribution is -2.34. The third-order valence-corrected chi connectivity index (χ3v) is 4.63. The molecule has 6 nitrogen and oxygen atoms in total. The molecule has 0 saturated heterocycles. The summed E-state index contributed by atoms with van der Waals surface area (Å²) in [6.07, 6.45) is 0.713. The first kappa shape index (κ1) is 19.2. The normalized spacial score (nSPS) is 15.5. The van der Waals surface area contributed by atoms with Gasteiger partial charge in [0.05, 0.1) is 12.6 Å². The number of nitrogens with one attached hydrogen (secondary N) is 3. The third-order valence-electron chi connectivity index (χ3n) is 4.14. The Hall–Kier alpha value is -2.54. The van der Waals surface area contributed by atoms with Gasteiger partial charge >= 0.3 is 6.03 Å². The van der Waals surface area contributed by atoms with Crippen molar-refractivity contribution in [3.63, 3.8) is 0 Å². The Morgan fingerprint density at radius 1 is 1.15 bits per heavy atom. The van der Waals surface area contributed by atoms with Crippen molar-refractivity contribution < 1.29 is 14.3 Å². The number of carbonyl (C=O) groups is 2. The van der Waals surface area contributed by atoms with Gasteiger partial charge in [0.1, 0.15) is 5.75 Å². The van der Waals surface area contributed by atoms with Crippen molar-refractivity contribution in [3.05, 3.63) is 58.1 Å². The van der Waals surface area contributed by atoms with Gasteiger partial charge in [-0.25, -0.2) is 4.79 Å². The zero-order chi connectivity index (χ0) is 19.4. The summed E-state index contributed by atoms with van der Waals surface area (Å²) in [5.74, 6) is 0.636. The first-order chi connectivity index (χ1) is 12.9. The highest BCUT2D eigenvalue weighted by Gasteiger charge is 2.23. The minimum absolute atomic E-state index is 0.0532. The molecule has 0 bridgehead atoms. The van der Waals surface area contributed by atoms with Crippen LogP contribution in [0, 0.1) is 0 Å². The van der Waals surface area contributed by atoms with E-state index in [1.807, 2.05) is 32.0 Å². The number of halogens is 1. The van der Waals surface area contributed by atoms with E-state index in [1.165, 1.54) is 0 Å². The van der Waals surface area contributed by atoms with Gasteiger partial charge in [0.15, 0.2) is 0 Å². The van der Waals surface area contributed by atoms with E-state index in [4.69, 9.17) is 4.74 Å². The Kier molecular flexibility index (Phi) is 6.01. The summed E-state index contributed by atoms with van der Waals surface area (Å²) in [5, 5.41) is 8.55. The van der Waals surface area contributed by atoms with Crippen LogP contribution >= 0.6 is 15.9 Å². The van der Waals surface area contributed by atoms with Crippen molar-refractivity contribution in [3.8, 4) is 5.75 Å². The minimum Gasteiger partial charge on any atom is -0.493 e. The van der Waals surface area contributed by atoms with Crippen molar-refractivity contribution in [1.82, 2.24) is 10.6 Å². The Labute approximate surface area is 166 Å². The van der Waals surface area contributed by atoms with Crippen LogP contribution in [-0.2, 0) is 0 Å². The molecule has 0 spiro atoms. The highest BCUT2D eigenvalue weighted by Crippen LogP contribution is 2.34. The largest absolute Gasteiger partial charge is 0.493 e. The predicted octanol–water partition coefficient (Wildman–Crippen LogP) is 4.23. The van der Waals surface area contributed by atoms with Gasteiger partial charge in [-0.05, 0) is 56.3 Å². The third kappa shape index (κ3) is 5.01.